The Hall–Kier alpha value is -1.58. The number of aryl methyl sites for hydroxylation is 1. The standard InChI is InChI=1S/C17H27N3O/c1-5-17(6-2)8-9-20(12-17)16(21)14-11-19-13(4)10-15(14)18-7-3/h10-11H,5-9,12H2,1-4H3,(H,18,19). The van der Waals surface area contributed by atoms with Gasteiger partial charge in [0.05, 0.1) is 11.3 Å². The number of rotatable bonds is 5. The number of carbonyl (C=O) groups is 1. The lowest BCUT2D eigenvalue weighted by atomic mass is 9.82. The summed E-state index contributed by atoms with van der Waals surface area (Å²) in [5.74, 6) is 0.113. The summed E-state index contributed by atoms with van der Waals surface area (Å²) >= 11 is 0. The first-order valence-electron chi connectivity index (χ1n) is 8.05. The van der Waals surface area contributed by atoms with Gasteiger partial charge in [-0.05, 0) is 44.6 Å². The van der Waals surface area contributed by atoms with Crippen LogP contribution in [-0.2, 0) is 0 Å². The molecule has 1 aliphatic heterocycles. The lowest BCUT2D eigenvalue weighted by Gasteiger charge is -2.26. The summed E-state index contributed by atoms with van der Waals surface area (Å²) in [5.41, 5.74) is 2.85. The van der Waals surface area contributed by atoms with Crippen LogP contribution in [0.4, 0.5) is 5.69 Å². The second kappa shape index (κ2) is 6.46. The number of hydrogen-bond donors (Lipinski definition) is 1. The van der Waals surface area contributed by atoms with Crippen molar-refractivity contribution in [2.75, 3.05) is 25.0 Å². The number of nitrogens with one attached hydrogen (secondary N) is 1. The number of aromatic nitrogens is 1. The number of pyridine rings is 1. The summed E-state index contributed by atoms with van der Waals surface area (Å²) in [5, 5.41) is 3.28. The highest BCUT2D eigenvalue weighted by molar-refractivity contribution is 5.99. The predicted molar refractivity (Wildman–Crippen MR) is 86.7 cm³/mol. The molecule has 0 spiro atoms. The third-order valence-electron chi connectivity index (χ3n) is 4.86. The summed E-state index contributed by atoms with van der Waals surface area (Å²) in [7, 11) is 0. The minimum absolute atomic E-state index is 0.113. The second-order valence-corrected chi connectivity index (χ2v) is 6.09. The number of anilines is 1. The summed E-state index contributed by atoms with van der Waals surface area (Å²) in [4.78, 5) is 19.1. The highest BCUT2D eigenvalue weighted by Crippen LogP contribution is 2.37. The average molecular weight is 289 g/mol. The van der Waals surface area contributed by atoms with E-state index in [0.717, 1.165) is 50.3 Å². The van der Waals surface area contributed by atoms with Gasteiger partial charge in [-0.25, -0.2) is 0 Å². The van der Waals surface area contributed by atoms with Gasteiger partial charge in [0.15, 0.2) is 0 Å². The van der Waals surface area contributed by atoms with Crippen LogP contribution in [0.2, 0.25) is 0 Å². The van der Waals surface area contributed by atoms with Crippen molar-refractivity contribution in [3.8, 4) is 0 Å². The minimum atomic E-state index is 0.113. The summed E-state index contributed by atoms with van der Waals surface area (Å²) in [6.45, 7) is 11.0. The van der Waals surface area contributed by atoms with Crippen LogP contribution in [0.1, 0.15) is 56.1 Å². The number of hydrogen-bond acceptors (Lipinski definition) is 3. The topological polar surface area (TPSA) is 45.2 Å². The summed E-state index contributed by atoms with van der Waals surface area (Å²) < 4.78 is 0. The van der Waals surface area contributed by atoms with Gasteiger partial charge in [-0.2, -0.15) is 0 Å². The van der Waals surface area contributed by atoms with Crippen molar-refractivity contribution in [1.82, 2.24) is 9.88 Å². The zero-order valence-electron chi connectivity index (χ0n) is 13.7. The Morgan fingerprint density at radius 2 is 2.10 bits per heavy atom. The maximum atomic E-state index is 12.8. The van der Waals surface area contributed by atoms with Crippen LogP contribution in [0, 0.1) is 12.3 Å². The van der Waals surface area contributed by atoms with E-state index in [0.29, 0.717) is 11.0 Å². The third kappa shape index (κ3) is 3.20. The molecule has 21 heavy (non-hydrogen) atoms. The van der Waals surface area contributed by atoms with Crippen molar-refractivity contribution in [3.05, 3.63) is 23.5 Å². The van der Waals surface area contributed by atoms with E-state index in [2.05, 4.69) is 24.1 Å². The zero-order chi connectivity index (χ0) is 15.5. The van der Waals surface area contributed by atoms with E-state index in [1.807, 2.05) is 24.8 Å². The molecule has 1 amide bonds. The molecule has 1 aromatic heterocycles. The van der Waals surface area contributed by atoms with E-state index in [1.165, 1.54) is 0 Å². The molecule has 1 N–H and O–H groups in total. The van der Waals surface area contributed by atoms with Crippen molar-refractivity contribution in [1.29, 1.82) is 0 Å². The first-order valence-corrected chi connectivity index (χ1v) is 8.05. The Balaban J connectivity index is 2.21. The average Bonchev–Trinajstić information content (AvgIpc) is 2.92. The SMILES string of the molecule is CCNc1cc(C)ncc1C(=O)N1CCC(CC)(CC)C1. The van der Waals surface area contributed by atoms with Gasteiger partial charge < -0.3 is 10.2 Å². The largest absolute Gasteiger partial charge is 0.385 e. The zero-order valence-corrected chi connectivity index (χ0v) is 13.7. The van der Waals surface area contributed by atoms with Crippen molar-refractivity contribution >= 4 is 11.6 Å². The van der Waals surface area contributed by atoms with E-state index < -0.39 is 0 Å². The van der Waals surface area contributed by atoms with E-state index in [9.17, 15) is 4.79 Å². The summed E-state index contributed by atoms with van der Waals surface area (Å²) in [6.07, 6.45) is 5.11. The van der Waals surface area contributed by atoms with Crippen LogP contribution >= 0.6 is 0 Å². The van der Waals surface area contributed by atoms with Gasteiger partial charge in [0, 0.05) is 31.5 Å². The molecule has 0 bridgehead atoms. The molecule has 116 valence electrons. The molecule has 1 saturated heterocycles. The molecule has 2 rings (SSSR count). The van der Waals surface area contributed by atoms with E-state index in [4.69, 9.17) is 0 Å². The monoisotopic (exact) mass is 289 g/mol. The Labute approximate surface area is 127 Å². The number of carbonyl (C=O) groups excluding carboxylic acids is 1. The Bertz CT molecular complexity index is 509. The molecule has 1 aliphatic rings. The molecule has 4 heteroatoms. The van der Waals surface area contributed by atoms with Gasteiger partial charge >= 0.3 is 0 Å². The molecule has 1 fully saturated rings. The molecule has 0 unspecified atom stereocenters. The van der Waals surface area contributed by atoms with Crippen molar-refractivity contribution in [2.45, 2.75) is 47.0 Å². The van der Waals surface area contributed by atoms with Gasteiger partial charge in [0.2, 0.25) is 0 Å². The number of likely N-dealkylation sites (tertiary alicyclic amines) is 1. The maximum Gasteiger partial charge on any atom is 0.257 e. The van der Waals surface area contributed by atoms with Crippen molar-refractivity contribution in [2.24, 2.45) is 5.41 Å². The fourth-order valence-electron chi connectivity index (χ4n) is 3.17. The van der Waals surface area contributed by atoms with Crippen LogP contribution in [0.3, 0.4) is 0 Å². The maximum absolute atomic E-state index is 12.8. The van der Waals surface area contributed by atoms with E-state index in [-0.39, 0.29) is 5.91 Å². The van der Waals surface area contributed by atoms with E-state index >= 15 is 0 Å². The van der Waals surface area contributed by atoms with Crippen LogP contribution in [0.25, 0.3) is 0 Å². The second-order valence-electron chi connectivity index (χ2n) is 6.09. The third-order valence-corrected chi connectivity index (χ3v) is 4.86. The van der Waals surface area contributed by atoms with Gasteiger partial charge in [-0.1, -0.05) is 13.8 Å². The lowest BCUT2D eigenvalue weighted by molar-refractivity contribution is 0.0770. The van der Waals surface area contributed by atoms with Crippen LogP contribution in [0.5, 0.6) is 0 Å². The van der Waals surface area contributed by atoms with Crippen molar-refractivity contribution in [3.63, 3.8) is 0 Å². The minimum Gasteiger partial charge on any atom is -0.385 e. The Kier molecular flexibility index (Phi) is 4.86. The quantitative estimate of drug-likeness (QED) is 0.902. The molecular weight excluding hydrogens is 262 g/mol. The molecule has 0 aromatic carbocycles. The number of amides is 1. The predicted octanol–water partition coefficient (Wildman–Crippen LogP) is 3.47. The van der Waals surface area contributed by atoms with Gasteiger partial charge in [0.1, 0.15) is 0 Å². The first-order chi connectivity index (χ1) is 10.0. The highest BCUT2D eigenvalue weighted by Gasteiger charge is 2.37. The molecule has 1 aromatic rings. The van der Waals surface area contributed by atoms with Gasteiger partial charge in [-0.3, -0.25) is 9.78 Å². The van der Waals surface area contributed by atoms with Crippen LogP contribution < -0.4 is 5.32 Å². The van der Waals surface area contributed by atoms with Crippen LogP contribution in [-0.4, -0.2) is 35.4 Å². The van der Waals surface area contributed by atoms with Gasteiger partial charge in [0.25, 0.3) is 5.91 Å². The molecule has 0 saturated carbocycles. The molecule has 0 radical (unpaired) electrons. The smallest absolute Gasteiger partial charge is 0.257 e. The van der Waals surface area contributed by atoms with Gasteiger partial charge in [-0.15, -0.1) is 0 Å². The molecule has 4 nitrogen and oxygen atoms in total. The molecular formula is C17H27N3O. The lowest BCUT2D eigenvalue weighted by Crippen LogP contribution is -2.32. The van der Waals surface area contributed by atoms with Crippen LogP contribution in [0.15, 0.2) is 12.3 Å². The number of nitrogens with zero attached hydrogens (tertiary/aromatic N) is 2. The Morgan fingerprint density at radius 1 is 1.38 bits per heavy atom. The first kappa shape index (κ1) is 15.8. The highest BCUT2D eigenvalue weighted by atomic mass is 16.2. The normalized spacial score (nSPS) is 17.0. The van der Waals surface area contributed by atoms with E-state index in [1.54, 1.807) is 6.20 Å². The molecule has 0 aliphatic carbocycles. The Morgan fingerprint density at radius 3 is 2.67 bits per heavy atom. The summed E-state index contributed by atoms with van der Waals surface area (Å²) in [6, 6.07) is 1.96. The fourth-order valence-corrected chi connectivity index (χ4v) is 3.17. The fraction of sp³-hybridized carbons (Fsp3) is 0.647. The molecule has 0 atom stereocenters. The van der Waals surface area contributed by atoms with Crippen molar-refractivity contribution < 1.29 is 4.79 Å². The molecule has 2 heterocycles.